The summed E-state index contributed by atoms with van der Waals surface area (Å²) in [6.45, 7) is 2.51. The summed E-state index contributed by atoms with van der Waals surface area (Å²) < 4.78 is 0. The smallest absolute Gasteiger partial charge is 0.250 e. The van der Waals surface area contributed by atoms with Crippen molar-refractivity contribution in [2.45, 2.75) is 51.0 Å². The fourth-order valence-corrected chi connectivity index (χ4v) is 4.32. The minimum absolute atomic E-state index is 0.00354. The van der Waals surface area contributed by atoms with Gasteiger partial charge in [0.05, 0.1) is 0 Å². The highest BCUT2D eigenvalue weighted by Crippen LogP contribution is 2.34. The van der Waals surface area contributed by atoms with E-state index in [2.05, 4.69) is 11.4 Å². The van der Waals surface area contributed by atoms with E-state index in [0.29, 0.717) is 19.4 Å². The molecule has 2 aliphatic rings. The van der Waals surface area contributed by atoms with Crippen LogP contribution in [0.2, 0.25) is 0 Å². The van der Waals surface area contributed by atoms with E-state index in [1.54, 1.807) is 4.90 Å². The van der Waals surface area contributed by atoms with Crippen LogP contribution in [0.1, 0.15) is 49.3 Å². The average molecular weight is 389 g/mol. The van der Waals surface area contributed by atoms with E-state index < -0.39 is 5.54 Å². The number of carbonyl (C=O) groups is 2. The lowest BCUT2D eigenvalue weighted by molar-refractivity contribution is -0.154. The molecule has 1 unspecified atom stereocenters. The van der Waals surface area contributed by atoms with E-state index in [-0.39, 0.29) is 11.8 Å². The minimum atomic E-state index is -0.769. The molecule has 1 fully saturated rings. The van der Waals surface area contributed by atoms with Gasteiger partial charge in [0.2, 0.25) is 11.8 Å². The topological polar surface area (TPSA) is 49.4 Å². The summed E-state index contributed by atoms with van der Waals surface area (Å²) in [5.74, 6) is -0.0840. The number of benzene rings is 2. The summed E-state index contributed by atoms with van der Waals surface area (Å²) >= 11 is 0. The normalized spacial score (nSPS) is 20.8. The van der Waals surface area contributed by atoms with Crippen LogP contribution in [-0.4, -0.2) is 28.8 Å². The first-order valence-corrected chi connectivity index (χ1v) is 10.5. The van der Waals surface area contributed by atoms with Gasteiger partial charge < -0.3 is 10.2 Å². The second kappa shape index (κ2) is 8.24. The van der Waals surface area contributed by atoms with Crippen molar-refractivity contribution in [1.82, 2.24) is 4.90 Å². The van der Waals surface area contributed by atoms with Crippen molar-refractivity contribution in [3.63, 3.8) is 0 Å². The third-order valence-corrected chi connectivity index (χ3v) is 6.25. The van der Waals surface area contributed by atoms with Crippen LogP contribution < -0.4 is 5.32 Å². The summed E-state index contributed by atoms with van der Waals surface area (Å²) in [5, 5.41) is 3.13. The Bertz CT molecular complexity index is 935. The molecule has 150 valence electrons. The molecule has 0 bridgehead atoms. The van der Waals surface area contributed by atoms with E-state index in [4.69, 9.17) is 0 Å². The summed E-state index contributed by atoms with van der Waals surface area (Å²) in [5.41, 5.74) is 3.81. The zero-order valence-corrected chi connectivity index (χ0v) is 17.0. The molecule has 0 spiro atoms. The first-order chi connectivity index (χ1) is 14.1. The first-order valence-electron chi connectivity index (χ1n) is 10.5. The van der Waals surface area contributed by atoms with Crippen LogP contribution in [0.3, 0.4) is 0 Å². The highest BCUT2D eigenvalue weighted by molar-refractivity contribution is 6.02. The third-order valence-electron chi connectivity index (χ3n) is 6.25. The Morgan fingerprint density at radius 3 is 2.62 bits per heavy atom. The number of anilines is 1. The maximum atomic E-state index is 13.1. The molecule has 0 saturated carbocycles. The van der Waals surface area contributed by atoms with Gasteiger partial charge in [-0.25, -0.2) is 0 Å². The van der Waals surface area contributed by atoms with E-state index in [1.807, 2.05) is 61.5 Å². The van der Waals surface area contributed by atoms with E-state index in [9.17, 15) is 9.59 Å². The van der Waals surface area contributed by atoms with Crippen LogP contribution in [0.5, 0.6) is 0 Å². The van der Waals surface area contributed by atoms with Crippen LogP contribution in [0.4, 0.5) is 5.69 Å². The highest BCUT2D eigenvalue weighted by Gasteiger charge is 2.49. The maximum absolute atomic E-state index is 13.1. The predicted octanol–water partition coefficient (Wildman–Crippen LogP) is 4.60. The van der Waals surface area contributed by atoms with Crippen LogP contribution in [0.15, 0.2) is 54.6 Å². The lowest BCUT2D eigenvalue weighted by Gasteiger charge is -2.49. The molecule has 4 heteroatoms. The lowest BCUT2D eigenvalue weighted by atomic mass is 9.84. The Balaban J connectivity index is 1.41. The molecule has 1 N–H and O–H groups in total. The number of hydrogen-bond donors (Lipinski definition) is 1. The van der Waals surface area contributed by atoms with Gasteiger partial charge in [0.1, 0.15) is 5.54 Å². The molecule has 4 nitrogen and oxygen atoms in total. The molecule has 2 aromatic carbocycles. The van der Waals surface area contributed by atoms with Gasteiger partial charge in [-0.3, -0.25) is 9.59 Å². The largest absolute Gasteiger partial charge is 0.328 e. The van der Waals surface area contributed by atoms with Crippen LogP contribution in [0, 0.1) is 0 Å². The summed E-state index contributed by atoms with van der Waals surface area (Å²) in [6.07, 6.45) is 9.29. The molecule has 1 atom stereocenters. The SMILES string of the molecule is CC1(C(=O)Nc2cccc3c2CCCC3)CCN1C(=O)C/C=C/c1ccccc1. The highest BCUT2D eigenvalue weighted by atomic mass is 16.2. The summed E-state index contributed by atoms with van der Waals surface area (Å²) in [6, 6.07) is 16.1. The number of likely N-dealkylation sites (tertiary alicyclic amines) is 1. The van der Waals surface area contributed by atoms with Gasteiger partial charge in [-0.2, -0.15) is 0 Å². The Hall–Kier alpha value is -2.88. The second-order valence-corrected chi connectivity index (χ2v) is 8.19. The number of fused-ring (bicyclic) bond motifs is 1. The van der Waals surface area contributed by atoms with Crippen molar-refractivity contribution in [3.8, 4) is 0 Å². The molecular weight excluding hydrogens is 360 g/mol. The monoisotopic (exact) mass is 388 g/mol. The van der Waals surface area contributed by atoms with Crippen molar-refractivity contribution in [2.24, 2.45) is 0 Å². The predicted molar refractivity (Wildman–Crippen MR) is 117 cm³/mol. The van der Waals surface area contributed by atoms with Crippen molar-refractivity contribution in [2.75, 3.05) is 11.9 Å². The zero-order chi connectivity index (χ0) is 20.3. The van der Waals surface area contributed by atoms with Crippen molar-refractivity contribution >= 4 is 23.6 Å². The zero-order valence-electron chi connectivity index (χ0n) is 17.0. The molecule has 1 aliphatic carbocycles. The van der Waals surface area contributed by atoms with Crippen molar-refractivity contribution in [1.29, 1.82) is 0 Å². The number of amides is 2. The molecule has 2 aromatic rings. The van der Waals surface area contributed by atoms with Crippen LogP contribution in [-0.2, 0) is 22.4 Å². The Labute approximate surface area is 172 Å². The number of rotatable bonds is 5. The Morgan fingerprint density at radius 1 is 1.07 bits per heavy atom. The van der Waals surface area contributed by atoms with Gasteiger partial charge in [-0.15, -0.1) is 0 Å². The number of carbonyl (C=O) groups excluding carboxylic acids is 2. The molecule has 2 amide bonds. The molecule has 1 saturated heterocycles. The maximum Gasteiger partial charge on any atom is 0.250 e. The molecular formula is C25H28N2O2. The quantitative estimate of drug-likeness (QED) is 0.814. The molecule has 29 heavy (non-hydrogen) atoms. The van der Waals surface area contributed by atoms with Gasteiger partial charge >= 0.3 is 0 Å². The number of hydrogen-bond acceptors (Lipinski definition) is 2. The minimum Gasteiger partial charge on any atom is -0.328 e. The fourth-order valence-electron chi connectivity index (χ4n) is 4.32. The van der Waals surface area contributed by atoms with Crippen LogP contribution >= 0.6 is 0 Å². The average Bonchev–Trinajstić information content (AvgIpc) is 2.73. The van der Waals surface area contributed by atoms with Crippen molar-refractivity contribution < 1.29 is 9.59 Å². The molecule has 4 rings (SSSR count). The van der Waals surface area contributed by atoms with Gasteiger partial charge in [0.15, 0.2) is 0 Å². The number of nitrogens with one attached hydrogen (secondary N) is 1. The van der Waals surface area contributed by atoms with Crippen molar-refractivity contribution in [3.05, 3.63) is 71.3 Å². The van der Waals surface area contributed by atoms with Crippen LogP contribution in [0.25, 0.3) is 6.08 Å². The standard InChI is InChI=1S/C25H28N2O2/c1-25(24(29)26-22-15-8-13-20-12-5-6-14-21(20)22)17-18-27(25)23(28)16-7-11-19-9-3-2-4-10-19/h2-4,7-11,13,15H,5-6,12,14,16-18H2,1H3,(H,26,29)/b11-7+. The number of aryl methyl sites for hydroxylation is 1. The van der Waals surface area contributed by atoms with Gasteiger partial charge in [-0.1, -0.05) is 54.6 Å². The molecule has 0 radical (unpaired) electrons. The second-order valence-electron chi connectivity index (χ2n) is 8.19. The lowest BCUT2D eigenvalue weighted by Crippen LogP contribution is -2.66. The Morgan fingerprint density at radius 2 is 1.86 bits per heavy atom. The molecule has 0 aromatic heterocycles. The fraction of sp³-hybridized carbons (Fsp3) is 0.360. The summed E-state index contributed by atoms with van der Waals surface area (Å²) in [7, 11) is 0. The first kappa shape index (κ1) is 19.4. The van der Waals surface area contributed by atoms with E-state index >= 15 is 0 Å². The number of nitrogens with zero attached hydrogens (tertiary/aromatic N) is 1. The summed E-state index contributed by atoms with van der Waals surface area (Å²) in [4.78, 5) is 27.5. The van der Waals surface area contributed by atoms with E-state index in [1.165, 1.54) is 17.5 Å². The van der Waals surface area contributed by atoms with E-state index in [0.717, 1.165) is 30.5 Å². The van der Waals surface area contributed by atoms with Gasteiger partial charge in [-0.05, 0) is 61.8 Å². The van der Waals surface area contributed by atoms with Gasteiger partial charge in [0.25, 0.3) is 0 Å². The third kappa shape index (κ3) is 3.98. The van der Waals surface area contributed by atoms with Gasteiger partial charge in [0, 0.05) is 18.7 Å². The molecule has 1 aliphatic heterocycles. The molecule has 1 heterocycles. The Kier molecular flexibility index (Phi) is 5.52.